The summed E-state index contributed by atoms with van der Waals surface area (Å²) in [4.78, 5) is 3.71. The Kier molecular flexibility index (Phi) is 3.20. The Hall–Kier alpha value is -2.08. The molecule has 0 spiro atoms. The fourth-order valence-electron chi connectivity index (χ4n) is 1.52. The van der Waals surface area contributed by atoms with Gasteiger partial charge in [-0.25, -0.2) is 8.42 Å². The molecule has 18 heavy (non-hydrogen) atoms. The van der Waals surface area contributed by atoms with Gasteiger partial charge in [-0.3, -0.25) is 9.29 Å². The highest BCUT2D eigenvalue weighted by Crippen LogP contribution is 2.27. The zero-order chi connectivity index (χ0) is 13.2. The van der Waals surface area contributed by atoms with Crippen LogP contribution in [0.4, 0.5) is 5.69 Å². The van der Waals surface area contributed by atoms with Crippen molar-refractivity contribution >= 4 is 15.7 Å². The van der Waals surface area contributed by atoms with Crippen molar-refractivity contribution in [1.82, 2.24) is 4.98 Å². The van der Waals surface area contributed by atoms with Crippen molar-refractivity contribution in [2.75, 3.05) is 11.4 Å². The number of phenols is 1. The van der Waals surface area contributed by atoms with Crippen molar-refractivity contribution in [2.45, 2.75) is 4.90 Å². The van der Waals surface area contributed by atoms with Crippen LogP contribution in [-0.4, -0.2) is 25.6 Å². The number of hydrogen-bond donors (Lipinski definition) is 1. The van der Waals surface area contributed by atoms with Crippen LogP contribution < -0.4 is 4.31 Å². The van der Waals surface area contributed by atoms with E-state index in [4.69, 9.17) is 0 Å². The van der Waals surface area contributed by atoms with Crippen LogP contribution >= 0.6 is 0 Å². The van der Waals surface area contributed by atoms with E-state index < -0.39 is 10.0 Å². The first-order valence-electron chi connectivity index (χ1n) is 5.20. The molecule has 1 heterocycles. The van der Waals surface area contributed by atoms with Gasteiger partial charge in [0.25, 0.3) is 10.0 Å². The third kappa shape index (κ3) is 2.14. The van der Waals surface area contributed by atoms with Gasteiger partial charge in [0.2, 0.25) is 0 Å². The van der Waals surface area contributed by atoms with Crippen LogP contribution in [0.2, 0.25) is 0 Å². The highest BCUT2D eigenvalue weighted by atomic mass is 32.2. The van der Waals surface area contributed by atoms with Crippen molar-refractivity contribution in [2.24, 2.45) is 0 Å². The molecule has 1 aromatic carbocycles. The van der Waals surface area contributed by atoms with Gasteiger partial charge in [-0.2, -0.15) is 0 Å². The maximum atomic E-state index is 12.3. The van der Waals surface area contributed by atoms with Gasteiger partial charge in [-0.15, -0.1) is 0 Å². The zero-order valence-electron chi connectivity index (χ0n) is 9.69. The molecule has 6 heteroatoms. The van der Waals surface area contributed by atoms with Crippen molar-refractivity contribution in [3.63, 3.8) is 0 Å². The fourth-order valence-corrected chi connectivity index (χ4v) is 2.79. The Morgan fingerprint density at radius 2 is 1.72 bits per heavy atom. The van der Waals surface area contributed by atoms with Crippen LogP contribution in [-0.2, 0) is 10.0 Å². The van der Waals surface area contributed by atoms with E-state index in [1.54, 1.807) is 24.3 Å². The van der Waals surface area contributed by atoms with Crippen LogP contribution in [0.15, 0.2) is 53.7 Å². The summed E-state index contributed by atoms with van der Waals surface area (Å²) in [6.07, 6.45) is 3.01. The molecule has 0 bridgehead atoms. The molecule has 0 unspecified atom stereocenters. The lowest BCUT2D eigenvalue weighted by Gasteiger charge is -2.19. The van der Waals surface area contributed by atoms with Crippen LogP contribution in [0, 0.1) is 0 Å². The third-order valence-corrected chi connectivity index (χ3v) is 4.36. The average molecular weight is 264 g/mol. The van der Waals surface area contributed by atoms with Gasteiger partial charge in [0, 0.05) is 19.4 Å². The first-order valence-corrected chi connectivity index (χ1v) is 6.64. The number of benzene rings is 1. The smallest absolute Gasteiger partial charge is 0.267 e. The Bertz CT molecular complexity index is 641. The van der Waals surface area contributed by atoms with Gasteiger partial charge in [0.15, 0.2) is 0 Å². The predicted octanol–water partition coefficient (Wildman–Crippen LogP) is 1.61. The van der Waals surface area contributed by atoms with Crippen molar-refractivity contribution < 1.29 is 13.5 Å². The van der Waals surface area contributed by atoms with Crippen LogP contribution in [0.3, 0.4) is 0 Å². The maximum Gasteiger partial charge on any atom is 0.267 e. The summed E-state index contributed by atoms with van der Waals surface area (Å²) in [6.45, 7) is 0. The number of anilines is 1. The molecule has 0 saturated carbocycles. The minimum atomic E-state index is -3.77. The maximum absolute atomic E-state index is 12.3. The second-order valence-electron chi connectivity index (χ2n) is 3.65. The highest BCUT2D eigenvalue weighted by molar-refractivity contribution is 7.92. The van der Waals surface area contributed by atoms with Gasteiger partial charge in [-0.05, 0) is 24.3 Å². The molecule has 0 aliphatic heterocycles. The minimum absolute atomic E-state index is 0.121. The molecule has 0 aliphatic carbocycles. The van der Waals surface area contributed by atoms with E-state index in [-0.39, 0.29) is 10.6 Å². The van der Waals surface area contributed by atoms with E-state index in [1.165, 1.54) is 31.6 Å². The van der Waals surface area contributed by atoms with E-state index in [9.17, 15) is 13.5 Å². The summed E-state index contributed by atoms with van der Waals surface area (Å²) in [7, 11) is -2.34. The zero-order valence-corrected chi connectivity index (χ0v) is 10.5. The molecule has 0 radical (unpaired) electrons. The first kappa shape index (κ1) is 12.4. The summed E-state index contributed by atoms with van der Waals surface area (Å²) in [5.41, 5.74) is 0.480. The molecular weight excluding hydrogens is 252 g/mol. The molecule has 1 N–H and O–H groups in total. The lowest BCUT2D eigenvalue weighted by atomic mass is 10.3. The minimum Gasteiger partial charge on any atom is -0.507 e. The largest absolute Gasteiger partial charge is 0.507 e. The SMILES string of the molecule is CN(c1ccncc1)S(=O)(=O)c1ccccc1O. The summed E-state index contributed by atoms with van der Waals surface area (Å²) < 4.78 is 25.7. The van der Waals surface area contributed by atoms with Gasteiger partial charge in [-0.1, -0.05) is 12.1 Å². The van der Waals surface area contributed by atoms with Gasteiger partial charge in [0.1, 0.15) is 10.6 Å². The second kappa shape index (κ2) is 4.66. The molecule has 1 aromatic heterocycles. The Morgan fingerprint density at radius 3 is 2.33 bits per heavy atom. The molecule has 0 aliphatic rings. The first-order chi connectivity index (χ1) is 8.53. The normalized spacial score (nSPS) is 11.2. The lowest BCUT2D eigenvalue weighted by Crippen LogP contribution is -2.26. The summed E-state index contributed by atoms with van der Waals surface area (Å²) in [5.74, 6) is -0.265. The number of sulfonamides is 1. The molecule has 0 amide bonds. The van der Waals surface area contributed by atoms with E-state index in [2.05, 4.69) is 4.98 Å². The standard InChI is InChI=1S/C12H12N2O3S/c1-14(10-6-8-13-9-7-10)18(16,17)12-5-3-2-4-11(12)15/h2-9,15H,1H3. The monoisotopic (exact) mass is 264 g/mol. The number of aromatic nitrogens is 1. The molecule has 0 fully saturated rings. The molecule has 0 atom stereocenters. The van der Waals surface area contributed by atoms with Gasteiger partial charge >= 0.3 is 0 Å². The van der Waals surface area contributed by atoms with Gasteiger partial charge in [0.05, 0.1) is 5.69 Å². The topological polar surface area (TPSA) is 70.5 Å². The van der Waals surface area contributed by atoms with Crippen molar-refractivity contribution in [1.29, 1.82) is 0 Å². The average Bonchev–Trinajstić information content (AvgIpc) is 2.39. The molecular formula is C12H12N2O3S. The summed E-state index contributed by atoms with van der Waals surface area (Å²) in [5, 5.41) is 9.62. The number of hydrogen-bond acceptors (Lipinski definition) is 4. The number of rotatable bonds is 3. The van der Waals surface area contributed by atoms with Crippen LogP contribution in [0.25, 0.3) is 0 Å². The summed E-state index contributed by atoms with van der Waals surface area (Å²) in [6, 6.07) is 9.00. The predicted molar refractivity (Wildman–Crippen MR) is 67.9 cm³/mol. The Morgan fingerprint density at radius 1 is 1.11 bits per heavy atom. The number of pyridine rings is 1. The Balaban J connectivity index is 2.48. The second-order valence-corrected chi connectivity index (χ2v) is 5.58. The lowest BCUT2D eigenvalue weighted by molar-refractivity contribution is 0.458. The molecule has 5 nitrogen and oxygen atoms in total. The van der Waals surface area contributed by atoms with Gasteiger partial charge < -0.3 is 5.11 Å². The third-order valence-electron chi connectivity index (χ3n) is 2.53. The summed E-state index contributed by atoms with van der Waals surface area (Å²) >= 11 is 0. The number of para-hydroxylation sites is 1. The molecule has 0 saturated heterocycles. The fraction of sp³-hybridized carbons (Fsp3) is 0.0833. The highest BCUT2D eigenvalue weighted by Gasteiger charge is 2.23. The molecule has 2 aromatic rings. The van der Waals surface area contributed by atoms with E-state index in [0.29, 0.717) is 5.69 Å². The van der Waals surface area contributed by atoms with Crippen molar-refractivity contribution in [3.05, 3.63) is 48.8 Å². The van der Waals surface area contributed by atoms with E-state index in [0.717, 1.165) is 4.31 Å². The Labute approximate surface area is 105 Å². The van der Waals surface area contributed by atoms with Crippen LogP contribution in [0.1, 0.15) is 0 Å². The number of phenolic OH excluding ortho intramolecular Hbond substituents is 1. The quantitative estimate of drug-likeness (QED) is 0.914. The number of aromatic hydroxyl groups is 1. The van der Waals surface area contributed by atoms with Crippen LogP contribution in [0.5, 0.6) is 5.75 Å². The molecule has 2 rings (SSSR count). The molecule has 94 valence electrons. The number of nitrogens with zero attached hydrogens (tertiary/aromatic N) is 2. The van der Waals surface area contributed by atoms with E-state index >= 15 is 0 Å². The van der Waals surface area contributed by atoms with Crippen molar-refractivity contribution in [3.8, 4) is 5.75 Å². The van der Waals surface area contributed by atoms with E-state index in [1.807, 2.05) is 0 Å².